The third-order valence-electron chi connectivity index (χ3n) is 4.31. The van der Waals surface area contributed by atoms with Crippen molar-refractivity contribution in [3.05, 3.63) is 12.0 Å². The third-order valence-corrected chi connectivity index (χ3v) is 4.31. The van der Waals surface area contributed by atoms with E-state index in [9.17, 15) is 0 Å². The lowest BCUT2D eigenvalue weighted by molar-refractivity contribution is 0.469. The van der Waals surface area contributed by atoms with Crippen LogP contribution >= 0.6 is 0 Å². The van der Waals surface area contributed by atoms with Gasteiger partial charge in [0.2, 0.25) is 0 Å². The molecule has 0 saturated carbocycles. The van der Waals surface area contributed by atoms with Gasteiger partial charge >= 0.3 is 0 Å². The molecule has 0 N–H and O–H groups in total. The first-order valence-corrected chi connectivity index (χ1v) is 9.29. The van der Waals surface area contributed by atoms with Crippen LogP contribution in [0.2, 0.25) is 0 Å². The maximum Gasteiger partial charge on any atom is 0.138 e. The van der Waals surface area contributed by atoms with E-state index in [0.717, 1.165) is 0 Å². The van der Waals surface area contributed by atoms with Gasteiger partial charge in [0.15, 0.2) is 0 Å². The van der Waals surface area contributed by atoms with E-state index < -0.39 is 0 Å². The molecule has 1 rings (SSSR count). The van der Waals surface area contributed by atoms with E-state index in [-0.39, 0.29) is 0 Å². The van der Waals surface area contributed by atoms with Crippen molar-refractivity contribution in [1.82, 2.24) is 0 Å². The van der Waals surface area contributed by atoms with Crippen LogP contribution < -0.4 is 0 Å². The molecule has 0 amide bonds. The number of hydrogen-bond donors (Lipinski definition) is 0. The Morgan fingerprint density at radius 3 is 1.30 bits per heavy atom. The molecule has 1 aliphatic heterocycles. The average molecular weight is 280 g/mol. The maximum atomic E-state index is 5.02. The van der Waals surface area contributed by atoms with E-state index in [2.05, 4.69) is 6.92 Å². The highest BCUT2D eigenvalue weighted by Crippen LogP contribution is 2.21. The van der Waals surface area contributed by atoms with Gasteiger partial charge < -0.3 is 4.74 Å². The molecule has 0 atom stereocenters. The minimum Gasteiger partial charge on any atom is -0.463 e. The fraction of sp³-hybridized carbons (Fsp3) is 0.895. The fourth-order valence-corrected chi connectivity index (χ4v) is 2.83. The van der Waals surface area contributed by atoms with Crippen LogP contribution in [0.15, 0.2) is 12.0 Å². The second-order valence-electron chi connectivity index (χ2n) is 6.40. The summed E-state index contributed by atoms with van der Waals surface area (Å²) in [5.41, 5.74) is 0. The summed E-state index contributed by atoms with van der Waals surface area (Å²) >= 11 is 0. The van der Waals surface area contributed by atoms with Gasteiger partial charge in [-0.25, -0.2) is 0 Å². The average Bonchev–Trinajstić information content (AvgIpc) is 3.27. The SMILES string of the molecule is CCCCCCCCCCCCCCCCCC1=CO1. The first-order valence-electron chi connectivity index (χ1n) is 9.29. The third kappa shape index (κ3) is 12.6. The summed E-state index contributed by atoms with van der Waals surface area (Å²) in [6.45, 7) is 2.29. The summed E-state index contributed by atoms with van der Waals surface area (Å²) in [5.74, 6) is 1.22. The first kappa shape index (κ1) is 17.6. The monoisotopic (exact) mass is 280 g/mol. The quantitative estimate of drug-likeness (QED) is 0.274. The van der Waals surface area contributed by atoms with Crippen molar-refractivity contribution in [3.63, 3.8) is 0 Å². The van der Waals surface area contributed by atoms with Crippen molar-refractivity contribution in [2.24, 2.45) is 0 Å². The highest BCUT2D eigenvalue weighted by Gasteiger charge is 2.07. The van der Waals surface area contributed by atoms with E-state index in [1.807, 2.05) is 6.26 Å². The van der Waals surface area contributed by atoms with Crippen LogP contribution in [-0.2, 0) is 4.74 Å². The largest absolute Gasteiger partial charge is 0.463 e. The van der Waals surface area contributed by atoms with Gasteiger partial charge in [-0.05, 0) is 6.42 Å². The number of ether oxygens (including phenoxy) is 1. The molecule has 1 heteroatoms. The van der Waals surface area contributed by atoms with Crippen LogP contribution in [0.25, 0.3) is 0 Å². The highest BCUT2D eigenvalue weighted by atomic mass is 16.5. The Hall–Kier alpha value is -0.460. The van der Waals surface area contributed by atoms with Gasteiger partial charge in [0, 0.05) is 6.42 Å². The molecule has 0 aliphatic carbocycles. The summed E-state index contributed by atoms with van der Waals surface area (Å²) in [5, 5.41) is 0. The molecule has 0 unspecified atom stereocenters. The molecule has 0 radical (unpaired) electrons. The van der Waals surface area contributed by atoms with Gasteiger partial charge in [0.05, 0.1) is 0 Å². The molecule has 1 nitrogen and oxygen atoms in total. The van der Waals surface area contributed by atoms with Gasteiger partial charge in [-0.3, -0.25) is 0 Å². The topological polar surface area (TPSA) is 12.5 Å². The summed E-state index contributed by atoms with van der Waals surface area (Å²) < 4.78 is 5.02. The number of rotatable bonds is 16. The predicted octanol–water partition coefficient (Wildman–Crippen LogP) is 7.12. The minimum absolute atomic E-state index is 1.18. The van der Waals surface area contributed by atoms with Gasteiger partial charge in [0.1, 0.15) is 12.0 Å². The highest BCUT2D eigenvalue weighted by molar-refractivity contribution is 5.01. The number of hydrogen-bond acceptors (Lipinski definition) is 1. The van der Waals surface area contributed by atoms with Crippen molar-refractivity contribution >= 4 is 0 Å². The van der Waals surface area contributed by atoms with Crippen molar-refractivity contribution in [2.45, 2.75) is 110 Å². The molecule has 1 aliphatic rings. The van der Waals surface area contributed by atoms with E-state index >= 15 is 0 Å². The summed E-state index contributed by atoms with van der Waals surface area (Å²) in [6, 6.07) is 0. The molecule has 20 heavy (non-hydrogen) atoms. The first-order chi connectivity index (χ1) is 9.93. The minimum atomic E-state index is 1.18. The van der Waals surface area contributed by atoms with Gasteiger partial charge in [-0.1, -0.05) is 96.8 Å². The lowest BCUT2D eigenvalue weighted by atomic mass is 10.0. The van der Waals surface area contributed by atoms with Crippen molar-refractivity contribution in [2.75, 3.05) is 0 Å². The van der Waals surface area contributed by atoms with Crippen LogP contribution in [0, 0.1) is 0 Å². The zero-order chi connectivity index (χ0) is 14.3. The molecule has 118 valence electrons. The zero-order valence-electron chi connectivity index (χ0n) is 13.8. The van der Waals surface area contributed by atoms with Crippen LogP contribution in [0.4, 0.5) is 0 Å². The van der Waals surface area contributed by atoms with Crippen molar-refractivity contribution in [3.8, 4) is 0 Å². The summed E-state index contributed by atoms with van der Waals surface area (Å²) in [4.78, 5) is 0. The Balaban J connectivity index is 1.61. The standard InChI is InChI=1S/C19H36O/c1-2-3-4-5-6-7-8-9-10-11-12-13-14-15-16-17-19-18-20-19/h18H,2-17H2,1H3. The molecule has 0 aromatic carbocycles. The summed E-state index contributed by atoms with van der Waals surface area (Å²) in [6.07, 6.45) is 24.6. The van der Waals surface area contributed by atoms with Crippen molar-refractivity contribution in [1.29, 1.82) is 0 Å². The normalized spacial score (nSPS) is 13.2. The van der Waals surface area contributed by atoms with E-state index in [1.165, 1.54) is 108 Å². The molecule has 0 saturated heterocycles. The molecule has 0 fully saturated rings. The smallest absolute Gasteiger partial charge is 0.138 e. The lowest BCUT2D eigenvalue weighted by Gasteiger charge is -2.03. The molecular formula is C19H36O. The van der Waals surface area contributed by atoms with Gasteiger partial charge in [-0.15, -0.1) is 0 Å². The lowest BCUT2D eigenvalue weighted by Crippen LogP contribution is -1.83. The Labute approximate surface area is 127 Å². The van der Waals surface area contributed by atoms with Gasteiger partial charge in [-0.2, -0.15) is 0 Å². The van der Waals surface area contributed by atoms with E-state index in [1.54, 1.807) is 0 Å². The molecular weight excluding hydrogens is 244 g/mol. The second kappa shape index (κ2) is 13.5. The predicted molar refractivity (Wildman–Crippen MR) is 88.7 cm³/mol. The second-order valence-corrected chi connectivity index (χ2v) is 6.40. The van der Waals surface area contributed by atoms with E-state index in [4.69, 9.17) is 4.74 Å². The molecule has 0 spiro atoms. The molecule has 0 aromatic heterocycles. The van der Waals surface area contributed by atoms with E-state index in [0.29, 0.717) is 0 Å². The Morgan fingerprint density at radius 2 is 0.950 bits per heavy atom. The number of unbranched alkanes of at least 4 members (excludes halogenated alkanes) is 14. The zero-order valence-corrected chi connectivity index (χ0v) is 13.8. The number of allylic oxidation sites excluding steroid dienone is 1. The van der Waals surface area contributed by atoms with Crippen LogP contribution in [0.3, 0.4) is 0 Å². The maximum absolute atomic E-state index is 5.02. The van der Waals surface area contributed by atoms with Crippen LogP contribution in [0.5, 0.6) is 0 Å². The molecule has 1 heterocycles. The Kier molecular flexibility index (Phi) is 11.9. The Morgan fingerprint density at radius 1 is 0.600 bits per heavy atom. The fourth-order valence-electron chi connectivity index (χ4n) is 2.83. The summed E-state index contributed by atoms with van der Waals surface area (Å²) in [7, 11) is 0. The van der Waals surface area contributed by atoms with Crippen LogP contribution in [0.1, 0.15) is 110 Å². The van der Waals surface area contributed by atoms with Crippen molar-refractivity contribution < 1.29 is 4.74 Å². The molecule has 0 aromatic rings. The Bertz CT molecular complexity index is 232. The van der Waals surface area contributed by atoms with Gasteiger partial charge in [0.25, 0.3) is 0 Å². The molecule has 0 bridgehead atoms. The van der Waals surface area contributed by atoms with Crippen LogP contribution in [-0.4, -0.2) is 0 Å².